The lowest BCUT2D eigenvalue weighted by atomic mass is 10.1. The predicted molar refractivity (Wildman–Crippen MR) is 145 cm³/mol. The molecule has 4 nitrogen and oxygen atoms in total. The van der Waals surface area contributed by atoms with Crippen LogP contribution in [0.2, 0.25) is 0 Å². The monoisotopic (exact) mass is 521 g/mol. The fourth-order valence-corrected chi connectivity index (χ4v) is 6.75. The average molecular weight is 522 g/mol. The molecule has 35 heavy (non-hydrogen) atoms. The summed E-state index contributed by atoms with van der Waals surface area (Å²) in [7, 11) is 0. The Balaban J connectivity index is 0.00000289. The lowest BCUT2D eigenvalue weighted by Gasteiger charge is -2.21. The molecule has 0 saturated carbocycles. The van der Waals surface area contributed by atoms with Crippen molar-refractivity contribution in [3.05, 3.63) is 97.2 Å². The summed E-state index contributed by atoms with van der Waals surface area (Å²) in [5, 5.41) is 3.69. The lowest BCUT2D eigenvalue weighted by molar-refractivity contribution is -0.664. The molecular weight excluding hydrogens is 494 g/mol. The lowest BCUT2D eigenvalue weighted by Crippen LogP contribution is -3.00. The van der Waals surface area contributed by atoms with Gasteiger partial charge in [0.05, 0.1) is 16.0 Å². The van der Waals surface area contributed by atoms with Gasteiger partial charge in [0.2, 0.25) is 5.52 Å². The van der Waals surface area contributed by atoms with Crippen molar-refractivity contribution >= 4 is 55.8 Å². The van der Waals surface area contributed by atoms with Crippen LogP contribution in [-0.2, 0) is 13.1 Å². The minimum atomic E-state index is 0. The molecule has 7 heteroatoms. The molecule has 1 aliphatic rings. The predicted octanol–water partition coefficient (Wildman–Crippen LogP) is 1.51. The van der Waals surface area contributed by atoms with Crippen molar-refractivity contribution in [1.82, 2.24) is 9.47 Å². The standard InChI is InChI=1S/C28H28N3OS2.ClH/c1-4-29-18-10-9-12-21(29)15-17-24-28(32)31(6-3)26(34-24)19-25-30(5-2)27-22-13-8-7-11-20(22)14-16-23(27)33-25;/h7-19H,4-6H2,1-3H3;1H/q+1;/p-1/b21-15+,24-17-;. The number of likely N-dealkylation sites (N-methyl/N-ethyl adjacent to an activating group) is 1. The third-order valence-electron chi connectivity index (χ3n) is 6.15. The first-order chi connectivity index (χ1) is 16.6. The molecule has 3 heterocycles. The van der Waals surface area contributed by atoms with Crippen LogP contribution in [0.1, 0.15) is 25.8 Å². The van der Waals surface area contributed by atoms with Crippen molar-refractivity contribution in [2.24, 2.45) is 0 Å². The van der Waals surface area contributed by atoms with E-state index in [4.69, 9.17) is 0 Å². The molecule has 180 valence electrons. The van der Waals surface area contributed by atoms with Gasteiger partial charge in [-0.3, -0.25) is 9.36 Å². The Labute approximate surface area is 219 Å². The Hall–Kier alpha value is -2.93. The van der Waals surface area contributed by atoms with E-state index in [1.54, 1.807) is 22.7 Å². The van der Waals surface area contributed by atoms with Crippen molar-refractivity contribution in [3.63, 3.8) is 0 Å². The molecule has 5 rings (SSSR count). The molecule has 0 unspecified atom stereocenters. The smallest absolute Gasteiger partial charge is 0.269 e. The van der Waals surface area contributed by atoms with Gasteiger partial charge in [-0.25, -0.2) is 0 Å². The Morgan fingerprint density at radius 1 is 0.971 bits per heavy atom. The second-order valence-electron chi connectivity index (χ2n) is 8.06. The second kappa shape index (κ2) is 10.8. The number of aryl methyl sites for hydroxylation is 1. The molecule has 0 saturated heterocycles. The maximum Gasteiger partial charge on any atom is 0.269 e. The average Bonchev–Trinajstić information content (AvgIpc) is 3.38. The van der Waals surface area contributed by atoms with E-state index in [9.17, 15) is 4.79 Å². The molecule has 0 spiro atoms. The normalized spacial score (nSPS) is 15.6. The van der Waals surface area contributed by atoms with Gasteiger partial charge in [0.15, 0.2) is 0 Å². The largest absolute Gasteiger partial charge is 1.00 e. The molecule has 0 aliphatic carbocycles. The van der Waals surface area contributed by atoms with Gasteiger partial charge in [0, 0.05) is 25.0 Å². The van der Waals surface area contributed by atoms with E-state index < -0.39 is 0 Å². The van der Waals surface area contributed by atoms with Crippen molar-refractivity contribution in [2.75, 3.05) is 6.54 Å². The number of thiazole rings is 2. The zero-order chi connectivity index (χ0) is 23.7. The van der Waals surface area contributed by atoms with E-state index in [-0.39, 0.29) is 18.0 Å². The molecule has 0 atom stereocenters. The Kier molecular flexibility index (Phi) is 7.75. The third-order valence-corrected chi connectivity index (χ3v) is 8.33. The second-order valence-corrected chi connectivity index (χ2v) is 10.2. The number of allylic oxidation sites excluding steroid dienone is 4. The van der Waals surface area contributed by atoms with Gasteiger partial charge in [-0.2, -0.15) is 4.57 Å². The fourth-order valence-electron chi connectivity index (χ4n) is 4.45. The summed E-state index contributed by atoms with van der Waals surface area (Å²) in [6.07, 6.45) is 14.4. The highest BCUT2D eigenvalue weighted by molar-refractivity contribution is 7.19. The van der Waals surface area contributed by atoms with Gasteiger partial charge >= 0.3 is 0 Å². The molecule has 0 fully saturated rings. The number of nitrogens with zero attached hydrogens (tertiary/aromatic N) is 3. The molecule has 2 aromatic carbocycles. The highest BCUT2D eigenvalue weighted by atomic mass is 35.5. The number of hydrogen-bond donors (Lipinski definition) is 0. The molecule has 0 bridgehead atoms. The Bertz CT molecular complexity index is 1650. The van der Waals surface area contributed by atoms with Crippen molar-refractivity contribution in [1.29, 1.82) is 0 Å². The molecule has 4 aromatic rings. The zero-order valence-electron chi connectivity index (χ0n) is 20.1. The number of hydrogen-bond acceptors (Lipinski definition) is 4. The van der Waals surface area contributed by atoms with Crippen LogP contribution < -0.4 is 31.7 Å². The van der Waals surface area contributed by atoms with Crippen molar-refractivity contribution < 1.29 is 17.0 Å². The topological polar surface area (TPSA) is 29.1 Å². The quantitative estimate of drug-likeness (QED) is 0.373. The summed E-state index contributed by atoms with van der Waals surface area (Å²) in [6.45, 7) is 8.75. The van der Waals surface area contributed by atoms with Crippen LogP contribution in [0.4, 0.5) is 0 Å². The molecule has 1 aliphatic heterocycles. The fraction of sp³-hybridized carbons (Fsp3) is 0.214. The minimum Gasteiger partial charge on any atom is -1.00 e. The zero-order valence-corrected chi connectivity index (χ0v) is 22.5. The van der Waals surface area contributed by atoms with Gasteiger partial charge in [-0.05, 0) is 62.6 Å². The molecule has 2 aromatic heterocycles. The van der Waals surface area contributed by atoms with E-state index in [0.717, 1.165) is 28.0 Å². The summed E-state index contributed by atoms with van der Waals surface area (Å²) < 4.78 is 7.26. The summed E-state index contributed by atoms with van der Waals surface area (Å²) in [5.41, 5.74) is 2.43. The summed E-state index contributed by atoms with van der Waals surface area (Å²) in [5.74, 6) is 0. The summed E-state index contributed by atoms with van der Waals surface area (Å²) >= 11 is 3.35. The Morgan fingerprint density at radius 2 is 1.80 bits per heavy atom. The molecule has 0 radical (unpaired) electrons. The SMILES string of the molecule is CCN1C=CC=C/C1=C\C=c1/s/c(=C\c2sc3ccc4ccccc4c3[n+]2CC)n(CC)c1=O.[Cl-]. The van der Waals surface area contributed by atoms with Gasteiger partial charge in [0.25, 0.3) is 10.6 Å². The van der Waals surface area contributed by atoms with Crippen LogP contribution in [0.25, 0.3) is 33.1 Å². The molecular formula is C28H28ClN3OS2. The maximum atomic E-state index is 13.2. The van der Waals surface area contributed by atoms with Crippen LogP contribution >= 0.6 is 22.7 Å². The Morgan fingerprint density at radius 3 is 2.57 bits per heavy atom. The number of aromatic nitrogens is 2. The maximum absolute atomic E-state index is 13.2. The van der Waals surface area contributed by atoms with Crippen LogP contribution in [0.3, 0.4) is 0 Å². The van der Waals surface area contributed by atoms with E-state index in [1.807, 2.05) is 35.8 Å². The first-order valence-electron chi connectivity index (χ1n) is 11.7. The van der Waals surface area contributed by atoms with E-state index in [1.165, 1.54) is 26.0 Å². The van der Waals surface area contributed by atoms with Gasteiger partial charge in [-0.15, -0.1) is 11.3 Å². The van der Waals surface area contributed by atoms with Crippen LogP contribution in [-0.4, -0.2) is 16.0 Å². The first kappa shape index (κ1) is 25.2. The van der Waals surface area contributed by atoms with Gasteiger partial charge < -0.3 is 17.3 Å². The highest BCUT2D eigenvalue weighted by Crippen LogP contribution is 2.28. The number of rotatable bonds is 5. The first-order valence-corrected chi connectivity index (χ1v) is 13.4. The molecule has 0 amide bonds. The summed E-state index contributed by atoms with van der Waals surface area (Å²) in [4.78, 5) is 15.3. The van der Waals surface area contributed by atoms with Crippen molar-refractivity contribution in [2.45, 2.75) is 33.9 Å². The van der Waals surface area contributed by atoms with E-state index in [2.05, 4.69) is 78.1 Å². The van der Waals surface area contributed by atoms with Crippen LogP contribution in [0.5, 0.6) is 0 Å². The van der Waals surface area contributed by atoms with E-state index >= 15 is 0 Å². The van der Waals surface area contributed by atoms with Gasteiger partial charge in [-0.1, -0.05) is 41.7 Å². The minimum absolute atomic E-state index is 0. The van der Waals surface area contributed by atoms with Crippen LogP contribution in [0, 0.1) is 0 Å². The number of halogens is 1. The number of fused-ring (bicyclic) bond motifs is 3. The summed E-state index contributed by atoms with van der Waals surface area (Å²) in [6, 6.07) is 13.0. The van der Waals surface area contributed by atoms with Crippen molar-refractivity contribution in [3.8, 4) is 0 Å². The van der Waals surface area contributed by atoms with Crippen LogP contribution in [0.15, 0.2) is 77.4 Å². The third kappa shape index (κ3) is 4.66. The number of benzene rings is 2. The van der Waals surface area contributed by atoms with Gasteiger partial charge in [0.1, 0.15) is 15.9 Å². The highest BCUT2D eigenvalue weighted by Gasteiger charge is 2.20. The van der Waals surface area contributed by atoms with E-state index in [0.29, 0.717) is 6.54 Å². The molecule has 0 N–H and O–H groups in total.